The van der Waals surface area contributed by atoms with Gasteiger partial charge in [0.25, 0.3) is 0 Å². The van der Waals surface area contributed by atoms with Crippen LogP contribution in [0.4, 0.5) is 0 Å². The quantitative estimate of drug-likeness (QED) is 0.635. The van der Waals surface area contributed by atoms with Crippen LogP contribution in [0, 0.1) is 0 Å². The molecule has 2 aromatic rings. The van der Waals surface area contributed by atoms with E-state index < -0.39 is 5.97 Å². The molecule has 0 heterocycles. The zero-order valence-electron chi connectivity index (χ0n) is 10.3. The molecule has 0 aromatic heterocycles. The SMILES string of the molecule is COC(=O)c1c(Cl)c(Cl)c(Cl)c(O)c1-c1ccccc1. The second kappa shape index (κ2) is 5.92. The van der Waals surface area contributed by atoms with E-state index >= 15 is 0 Å². The number of rotatable bonds is 2. The molecule has 2 aromatic carbocycles. The van der Waals surface area contributed by atoms with Crippen LogP contribution in [0.1, 0.15) is 10.4 Å². The number of phenols is 1. The first-order valence-corrected chi connectivity index (χ1v) is 6.65. The van der Waals surface area contributed by atoms with Crippen LogP contribution in [0.2, 0.25) is 15.1 Å². The molecular weight excluding hydrogens is 323 g/mol. The number of phenolic OH excluding ortho intramolecular Hbond substituents is 1. The Balaban J connectivity index is 2.88. The van der Waals surface area contributed by atoms with Crippen LogP contribution in [0.5, 0.6) is 5.75 Å². The van der Waals surface area contributed by atoms with Crippen molar-refractivity contribution in [2.45, 2.75) is 0 Å². The highest BCUT2D eigenvalue weighted by Gasteiger charge is 2.26. The van der Waals surface area contributed by atoms with Gasteiger partial charge in [-0.1, -0.05) is 65.1 Å². The lowest BCUT2D eigenvalue weighted by Crippen LogP contribution is -2.06. The summed E-state index contributed by atoms with van der Waals surface area (Å²) >= 11 is 17.9. The number of ether oxygens (including phenoxy) is 1. The first kappa shape index (κ1) is 15.0. The summed E-state index contributed by atoms with van der Waals surface area (Å²) in [5.74, 6) is -1.02. The Morgan fingerprint density at radius 2 is 1.65 bits per heavy atom. The van der Waals surface area contributed by atoms with Gasteiger partial charge in [-0.05, 0) is 5.56 Å². The number of carbonyl (C=O) groups excluding carboxylic acids is 1. The molecule has 0 saturated heterocycles. The fourth-order valence-corrected chi connectivity index (χ4v) is 2.52. The molecule has 0 atom stereocenters. The van der Waals surface area contributed by atoms with Gasteiger partial charge in [-0.25, -0.2) is 4.79 Å². The van der Waals surface area contributed by atoms with Crippen molar-refractivity contribution in [1.29, 1.82) is 0 Å². The highest BCUT2D eigenvalue weighted by Crippen LogP contribution is 2.47. The van der Waals surface area contributed by atoms with Crippen molar-refractivity contribution in [3.63, 3.8) is 0 Å². The predicted molar refractivity (Wildman–Crippen MR) is 79.9 cm³/mol. The Morgan fingerprint density at radius 3 is 2.20 bits per heavy atom. The number of benzene rings is 2. The van der Waals surface area contributed by atoms with Crippen LogP contribution in [0.25, 0.3) is 11.1 Å². The normalized spacial score (nSPS) is 10.4. The molecule has 0 fully saturated rings. The van der Waals surface area contributed by atoms with Crippen LogP contribution in [0.3, 0.4) is 0 Å². The maximum absolute atomic E-state index is 11.9. The molecular formula is C14H9Cl3O3. The third kappa shape index (κ3) is 2.44. The molecule has 20 heavy (non-hydrogen) atoms. The third-order valence-corrected chi connectivity index (χ3v) is 4.07. The average molecular weight is 332 g/mol. The topological polar surface area (TPSA) is 46.5 Å². The molecule has 6 heteroatoms. The van der Waals surface area contributed by atoms with Gasteiger partial charge in [0.1, 0.15) is 10.8 Å². The van der Waals surface area contributed by atoms with E-state index in [1.165, 1.54) is 7.11 Å². The van der Waals surface area contributed by atoms with Gasteiger partial charge in [0.05, 0.1) is 22.7 Å². The van der Waals surface area contributed by atoms with E-state index in [2.05, 4.69) is 0 Å². The Morgan fingerprint density at radius 1 is 1.05 bits per heavy atom. The molecule has 3 nitrogen and oxygen atoms in total. The summed E-state index contributed by atoms with van der Waals surface area (Å²) in [5, 5.41) is 9.94. The number of aromatic hydroxyl groups is 1. The summed E-state index contributed by atoms with van der Waals surface area (Å²) < 4.78 is 4.69. The van der Waals surface area contributed by atoms with Crippen LogP contribution in [0.15, 0.2) is 30.3 Å². The number of halogens is 3. The van der Waals surface area contributed by atoms with E-state index in [0.29, 0.717) is 5.56 Å². The minimum atomic E-state index is -0.706. The Kier molecular flexibility index (Phi) is 4.43. The number of esters is 1. The molecule has 0 aliphatic heterocycles. The molecule has 0 spiro atoms. The lowest BCUT2D eigenvalue weighted by atomic mass is 9.98. The fourth-order valence-electron chi connectivity index (χ4n) is 1.83. The molecule has 104 valence electrons. The summed E-state index contributed by atoms with van der Waals surface area (Å²) in [6, 6.07) is 8.74. The summed E-state index contributed by atoms with van der Waals surface area (Å²) in [5.41, 5.74) is 0.745. The molecule has 0 saturated carbocycles. The van der Waals surface area contributed by atoms with E-state index in [1.807, 2.05) is 0 Å². The fraction of sp³-hybridized carbons (Fsp3) is 0.0714. The van der Waals surface area contributed by atoms with Gasteiger partial charge in [0.2, 0.25) is 0 Å². The smallest absolute Gasteiger partial charge is 0.340 e. The monoisotopic (exact) mass is 330 g/mol. The second-order valence-electron chi connectivity index (χ2n) is 3.90. The molecule has 0 bridgehead atoms. The number of hydrogen-bond acceptors (Lipinski definition) is 3. The molecule has 0 unspecified atom stereocenters. The van der Waals surface area contributed by atoms with Crippen molar-refractivity contribution < 1.29 is 14.6 Å². The molecule has 0 aliphatic rings. The standard InChI is InChI=1S/C14H9Cl3O3/c1-20-14(19)9-8(7-5-3-2-4-6-7)13(18)12(17)11(16)10(9)15/h2-6,18H,1H3. The maximum atomic E-state index is 11.9. The van der Waals surface area contributed by atoms with Crippen molar-refractivity contribution in [3.05, 3.63) is 51.0 Å². The Bertz CT molecular complexity index is 669. The van der Waals surface area contributed by atoms with Crippen LogP contribution < -0.4 is 0 Å². The first-order chi connectivity index (χ1) is 9.49. The largest absolute Gasteiger partial charge is 0.506 e. The average Bonchev–Trinajstić information content (AvgIpc) is 2.48. The zero-order valence-corrected chi connectivity index (χ0v) is 12.6. The number of methoxy groups -OCH3 is 1. The lowest BCUT2D eigenvalue weighted by Gasteiger charge is -2.15. The molecule has 0 radical (unpaired) electrons. The second-order valence-corrected chi connectivity index (χ2v) is 5.03. The van der Waals surface area contributed by atoms with Crippen LogP contribution in [-0.2, 0) is 4.74 Å². The molecule has 1 N–H and O–H groups in total. The zero-order chi connectivity index (χ0) is 14.9. The van der Waals surface area contributed by atoms with Crippen molar-refractivity contribution >= 4 is 40.8 Å². The summed E-state index contributed by atoms with van der Waals surface area (Å²) in [6.45, 7) is 0. The van der Waals surface area contributed by atoms with Gasteiger partial charge in [-0.3, -0.25) is 0 Å². The highest BCUT2D eigenvalue weighted by molar-refractivity contribution is 6.50. The van der Waals surface area contributed by atoms with E-state index in [0.717, 1.165) is 0 Å². The van der Waals surface area contributed by atoms with E-state index in [4.69, 9.17) is 39.5 Å². The van der Waals surface area contributed by atoms with E-state index in [9.17, 15) is 9.90 Å². The Labute approximate surface area is 130 Å². The van der Waals surface area contributed by atoms with Crippen LogP contribution in [-0.4, -0.2) is 18.2 Å². The number of hydrogen-bond donors (Lipinski definition) is 1. The maximum Gasteiger partial charge on any atom is 0.340 e. The van der Waals surface area contributed by atoms with Gasteiger partial charge in [-0.15, -0.1) is 0 Å². The van der Waals surface area contributed by atoms with Crippen molar-refractivity contribution in [3.8, 4) is 16.9 Å². The van der Waals surface area contributed by atoms with Crippen LogP contribution >= 0.6 is 34.8 Å². The minimum Gasteiger partial charge on any atom is -0.506 e. The minimum absolute atomic E-state index is 0.0210. The van der Waals surface area contributed by atoms with Gasteiger partial charge >= 0.3 is 5.97 Å². The molecule has 0 aliphatic carbocycles. The molecule has 0 amide bonds. The lowest BCUT2D eigenvalue weighted by molar-refractivity contribution is 0.0601. The van der Waals surface area contributed by atoms with E-state index in [1.54, 1.807) is 30.3 Å². The summed E-state index contributed by atoms with van der Waals surface area (Å²) in [6.07, 6.45) is 0. The van der Waals surface area contributed by atoms with Gasteiger partial charge in [0, 0.05) is 5.56 Å². The van der Waals surface area contributed by atoms with Gasteiger partial charge < -0.3 is 9.84 Å². The van der Waals surface area contributed by atoms with Crippen molar-refractivity contribution in [2.24, 2.45) is 0 Å². The van der Waals surface area contributed by atoms with Crippen molar-refractivity contribution in [2.75, 3.05) is 7.11 Å². The summed E-state index contributed by atoms with van der Waals surface area (Å²) in [7, 11) is 1.22. The number of carbonyl (C=O) groups is 1. The summed E-state index contributed by atoms with van der Waals surface area (Å²) in [4.78, 5) is 11.9. The van der Waals surface area contributed by atoms with Gasteiger partial charge in [0.15, 0.2) is 0 Å². The molecule has 2 rings (SSSR count). The third-order valence-electron chi connectivity index (χ3n) is 2.75. The highest BCUT2D eigenvalue weighted by atomic mass is 35.5. The first-order valence-electron chi connectivity index (χ1n) is 5.52. The Hall–Kier alpha value is -1.42. The predicted octanol–water partition coefficient (Wildman–Crippen LogP) is 4.81. The van der Waals surface area contributed by atoms with E-state index in [-0.39, 0.29) is 31.9 Å². The van der Waals surface area contributed by atoms with Gasteiger partial charge in [-0.2, -0.15) is 0 Å². The van der Waals surface area contributed by atoms with Crippen molar-refractivity contribution in [1.82, 2.24) is 0 Å².